The lowest BCUT2D eigenvalue weighted by atomic mass is 9.97. The van der Waals surface area contributed by atoms with Crippen LogP contribution in [0.25, 0.3) is 11.3 Å². The molecule has 3 N–H and O–H groups in total. The average Bonchev–Trinajstić information content (AvgIpc) is 2.94. The number of nitrogens with two attached hydrogens (primary N) is 1. The molecule has 21 heavy (non-hydrogen) atoms. The molecule has 0 bridgehead atoms. The summed E-state index contributed by atoms with van der Waals surface area (Å²) >= 11 is 0. The largest absolute Gasteiger partial charge is 0.342 e. The summed E-state index contributed by atoms with van der Waals surface area (Å²) in [6, 6.07) is 6.51. The summed E-state index contributed by atoms with van der Waals surface area (Å²) in [5, 5.41) is 10.8. The molecule has 0 amide bonds. The fourth-order valence-electron chi connectivity index (χ4n) is 2.37. The molecule has 1 heterocycles. The van der Waals surface area contributed by atoms with Gasteiger partial charge in [0.15, 0.2) is 0 Å². The number of nitrogens with one attached hydrogen (secondary N) is 1. The number of non-ortho nitro benzene ring substituents is 1. The fraction of sp³-hybridized carbons (Fsp3) is 0.400. The minimum Gasteiger partial charge on any atom is -0.342 e. The van der Waals surface area contributed by atoms with Crippen LogP contribution < -0.4 is 5.73 Å². The van der Waals surface area contributed by atoms with E-state index in [4.69, 9.17) is 5.73 Å². The Balaban J connectivity index is 2.26. The summed E-state index contributed by atoms with van der Waals surface area (Å²) in [4.78, 5) is 18.1. The summed E-state index contributed by atoms with van der Waals surface area (Å²) in [6.07, 6.45) is 2.66. The van der Waals surface area contributed by atoms with E-state index in [1.54, 1.807) is 12.3 Å². The van der Waals surface area contributed by atoms with Crippen molar-refractivity contribution < 1.29 is 4.92 Å². The maximum atomic E-state index is 10.8. The lowest BCUT2D eigenvalue weighted by Crippen LogP contribution is -2.15. The highest BCUT2D eigenvalue weighted by molar-refractivity contribution is 5.62. The van der Waals surface area contributed by atoms with Gasteiger partial charge >= 0.3 is 0 Å². The van der Waals surface area contributed by atoms with Crippen molar-refractivity contribution in [3.05, 3.63) is 46.4 Å². The van der Waals surface area contributed by atoms with Crippen LogP contribution in [0.2, 0.25) is 0 Å². The Labute approximate surface area is 123 Å². The number of nitro benzene ring substituents is 1. The van der Waals surface area contributed by atoms with Crippen molar-refractivity contribution in [2.24, 2.45) is 11.7 Å². The van der Waals surface area contributed by atoms with Gasteiger partial charge in [0.1, 0.15) is 5.82 Å². The van der Waals surface area contributed by atoms with Crippen molar-refractivity contribution in [1.29, 1.82) is 0 Å². The van der Waals surface area contributed by atoms with Gasteiger partial charge in [-0.1, -0.05) is 26.0 Å². The van der Waals surface area contributed by atoms with Crippen LogP contribution in [0.3, 0.4) is 0 Å². The number of nitro groups is 1. The fourth-order valence-corrected chi connectivity index (χ4v) is 2.37. The third kappa shape index (κ3) is 3.66. The van der Waals surface area contributed by atoms with Gasteiger partial charge in [-0.25, -0.2) is 4.98 Å². The van der Waals surface area contributed by atoms with Crippen LogP contribution in [0.1, 0.15) is 32.0 Å². The van der Waals surface area contributed by atoms with Crippen LogP contribution in [0, 0.1) is 16.0 Å². The van der Waals surface area contributed by atoms with E-state index < -0.39 is 4.92 Å². The standard InChI is InChI=1S/C15H20N4O2/c1-10(2)6-12(8-16)15-17-9-14(18-15)11-4-3-5-13(7-11)19(20)21/h3-5,7,9-10,12H,6,8,16H2,1-2H3,(H,17,18). The first-order valence-electron chi connectivity index (χ1n) is 7.01. The van der Waals surface area contributed by atoms with Crippen molar-refractivity contribution in [2.75, 3.05) is 6.54 Å². The van der Waals surface area contributed by atoms with Crippen molar-refractivity contribution in [2.45, 2.75) is 26.2 Å². The molecule has 1 atom stereocenters. The number of aromatic nitrogens is 2. The number of aromatic amines is 1. The van der Waals surface area contributed by atoms with Gasteiger partial charge < -0.3 is 10.7 Å². The number of rotatable bonds is 6. The predicted octanol–water partition coefficient (Wildman–Crippen LogP) is 3.07. The molecule has 0 radical (unpaired) electrons. The molecule has 0 spiro atoms. The number of H-pyrrole nitrogens is 1. The second kappa shape index (κ2) is 6.49. The number of nitrogens with zero attached hydrogens (tertiary/aromatic N) is 2. The van der Waals surface area contributed by atoms with Crippen LogP contribution in [-0.2, 0) is 0 Å². The minimum absolute atomic E-state index is 0.0706. The van der Waals surface area contributed by atoms with Gasteiger partial charge in [0.05, 0.1) is 16.8 Å². The van der Waals surface area contributed by atoms with Gasteiger partial charge in [0.2, 0.25) is 0 Å². The van der Waals surface area contributed by atoms with Crippen molar-refractivity contribution in [3.63, 3.8) is 0 Å². The number of benzene rings is 1. The van der Waals surface area contributed by atoms with Gasteiger partial charge in [-0.2, -0.15) is 0 Å². The summed E-state index contributed by atoms with van der Waals surface area (Å²) in [7, 11) is 0. The molecule has 6 nitrogen and oxygen atoms in total. The van der Waals surface area contributed by atoms with Crippen LogP contribution >= 0.6 is 0 Å². The smallest absolute Gasteiger partial charge is 0.270 e. The van der Waals surface area contributed by atoms with Gasteiger partial charge in [-0.05, 0) is 12.3 Å². The Morgan fingerprint density at radius 1 is 1.43 bits per heavy atom. The maximum absolute atomic E-state index is 10.8. The number of hydrogen-bond acceptors (Lipinski definition) is 4. The second-order valence-electron chi connectivity index (χ2n) is 5.55. The van der Waals surface area contributed by atoms with Crippen LogP contribution in [0.4, 0.5) is 5.69 Å². The zero-order valence-electron chi connectivity index (χ0n) is 12.2. The first kappa shape index (κ1) is 15.2. The normalized spacial score (nSPS) is 12.6. The summed E-state index contributed by atoms with van der Waals surface area (Å²) in [6.45, 7) is 4.82. The molecule has 2 rings (SSSR count). The van der Waals surface area contributed by atoms with Crippen molar-refractivity contribution in [3.8, 4) is 11.3 Å². The lowest BCUT2D eigenvalue weighted by molar-refractivity contribution is -0.384. The first-order chi connectivity index (χ1) is 10.0. The molecule has 1 aromatic carbocycles. The molecular weight excluding hydrogens is 268 g/mol. The third-order valence-corrected chi connectivity index (χ3v) is 3.39. The average molecular weight is 288 g/mol. The van der Waals surface area contributed by atoms with Crippen molar-refractivity contribution >= 4 is 5.69 Å². The van der Waals surface area contributed by atoms with Gasteiger partial charge in [-0.3, -0.25) is 10.1 Å². The highest BCUT2D eigenvalue weighted by atomic mass is 16.6. The van der Waals surface area contributed by atoms with E-state index >= 15 is 0 Å². The topological polar surface area (TPSA) is 97.8 Å². The summed E-state index contributed by atoms with van der Waals surface area (Å²) in [5.74, 6) is 1.55. The molecule has 112 valence electrons. The van der Waals surface area contributed by atoms with E-state index in [0.717, 1.165) is 23.5 Å². The van der Waals surface area contributed by atoms with E-state index in [1.807, 2.05) is 6.07 Å². The second-order valence-corrected chi connectivity index (χ2v) is 5.55. The predicted molar refractivity (Wildman–Crippen MR) is 81.9 cm³/mol. The van der Waals surface area contributed by atoms with Crippen molar-refractivity contribution in [1.82, 2.24) is 9.97 Å². The Bertz CT molecular complexity index is 622. The van der Waals surface area contributed by atoms with Crippen LogP contribution in [0.15, 0.2) is 30.5 Å². The minimum atomic E-state index is -0.401. The highest BCUT2D eigenvalue weighted by Gasteiger charge is 2.16. The van der Waals surface area contributed by atoms with Crippen LogP contribution in [0.5, 0.6) is 0 Å². The Morgan fingerprint density at radius 3 is 2.81 bits per heavy atom. The third-order valence-electron chi connectivity index (χ3n) is 3.39. The molecule has 2 aromatic rings. The van der Waals surface area contributed by atoms with Crippen LogP contribution in [-0.4, -0.2) is 21.4 Å². The lowest BCUT2D eigenvalue weighted by Gasteiger charge is -2.14. The molecular formula is C15H20N4O2. The Hall–Kier alpha value is -2.21. The van der Waals surface area contributed by atoms with E-state index in [9.17, 15) is 10.1 Å². The highest BCUT2D eigenvalue weighted by Crippen LogP contribution is 2.26. The molecule has 0 aliphatic carbocycles. The Morgan fingerprint density at radius 2 is 2.19 bits per heavy atom. The van der Waals surface area contributed by atoms with E-state index in [2.05, 4.69) is 23.8 Å². The molecule has 0 fully saturated rings. The van der Waals surface area contributed by atoms with Gasteiger partial charge in [-0.15, -0.1) is 0 Å². The molecule has 0 saturated carbocycles. The SMILES string of the molecule is CC(C)CC(CN)c1ncc(-c2cccc([N+](=O)[O-])c2)[nH]1. The van der Waals surface area contributed by atoms with E-state index in [-0.39, 0.29) is 11.6 Å². The molecule has 1 aromatic heterocycles. The Kier molecular flexibility index (Phi) is 4.70. The first-order valence-corrected chi connectivity index (χ1v) is 7.01. The number of imidazole rings is 1. The van der Waals surface area contributed by atoms with Gasteiger partial charge in [0.25, 0.3) is 5.69 Å². The molecule has 0 aliphatic rings. The molecule has 0 saturated heterocycles. The number of hydrogen-bond donors (Lipinski definition) is 2. The van der Waals surface area contributed by atoms with E-state index in [0.29, 0.717) is 12.5 Å². The van der Waals surface area contributed by atoms with Gasteiger partial charge in [0, 0.05) is 30.2 Å². The molecule has 0 aliphatic heterocycles. The zero-order valence-corrected chi connectivity index (χ0v) is 12.2. The van der Waals surface area contributed by atoms with E-state index in [1.165, 1.54) is 12.1 Å². The quantitative estimate of drug-likeness (QED) is 0.630. The zero-order chi connectivity index (χ0) is 15.4. The molecule has 1 unspecified atom stereocenters. The summed E-state index contributed by atoms with van der Waals surface area (Å²) in [5.41, 5.74) is 7.41. The molecule has 6 heteroatoms. The monoisotopic (exact) mass is 288 g/mol. The maximum Gasteiger partial charge on any atom is 0.270 e. The summed E-state index contributed by atoms with van der Waals surface area (Å²) < 4.78 is 0.